The van der Waals surface area contributed by atoms with Gasteiger partial charge in [0.2, 0.25) is 0 Å². The van der Waals surface area contributed by atoms with Gasteiger partial charge in [-0.15, -0.1) is 11.3 Å². The predicted molar refractivity (Wildman–Crippen MR) is 63.9 cm³/mol. The van der Waals surface area contributed by atoms with Crippen LogP contribution in [0.1, 0.15) is 17.4 Å². The monoisotopic (exact) mass is 202 g/mol. The number of benzene rings is 1. The minimum Gasteiger partial charge on any atom is -0.149 e. The summed E-state index contributed by atoms with van der Waals surface area (Å²) in [5, 5.41) is 2.22. The van der Waals surface area contributed by atoms with Crippen molar-refractivity contribution >= 4 is 11.3 Å². The van der Waals surface area contributed by atoms with Gasteiger partial charge in [-0.3, -0.25) is 0 Å². The fourth-order valence-electron chi connectivity index (χ4n) is 1.53. The maximum atomic E-state index is 2.24. The Morgan fingerprint density at radius 3 is 2.29 bits per heavy atom. The highest BCUT2D eigenvalue weighted by molar-refractivity contribution is 7.10. The Morgan fingerprint density at radius 2 is 1.79 bits per heavy atom. The van der Waals surface area contributed by atoms with E-state index in [0.717, 1.165) is 6.42 Å². The first kappa shape index (κ1) is 9.47. The second-order valence-corrected chi connectivity index (χ2v) is 4.61. The van der Waals surface area contributed by atoms with E-state index in [2.05, 4.69) is 49.6 Å². The van der Waals surface area contributed by atoms with Crippen LogP contribution in [0.5, 0.6) is 0 Å². The zero-order chi connectivity index (χ0) is 9.97. The van der Waals surface area contributed by atoms with Gasteiger partial charge >= 0.3 is 0 Å². The summed E-state index contributed by atoms with van der Waals surface area (Å²) in [6, 6.07) is 11.1. The van der Waals surface area contributed by atoms with Crippen LogP contribution in [0, 0.1) is 6.92 Å². The summed E-state index contributed by atoms with van der Waals surface area (Å²) in [5.41, 5.74) is 4.07. The molecule has 0 amide bonds. The van der Waals surface area contributed by atoms with E-state index in [0.29, 0.717) is 0 Å². The van der Waals surface area contributed by atoms with Crippen LogP contribution >= 0.6 is 11.3 Å². The molecule has 1 heterocycles. The number of aryl methyl sites for hydroxylation is 2. The number of hydrogen-bond acceptors (Lipinski definition) is 1. The van der Waals surface area contributed by atoms with Crippen LogP contribution in [0.2, 0.25) is 0 Å². The molecule has 0 nitrogen and oxygen atoms in total. The Hall–Kier alpha value is -1.08. The van der Waals surface area contributed by atoms with Crippen LogP contribution in [0.25, 0.3) is 11.1 Å². The molecule has 0 atom stereocenters. The van der Waals surface area contributed by atoms with Crippen LogP contribution in [0.4, 0.5) is 0 Å². The van der Waals surface area contributed by atoms with E-state index < -0.39 is 0 Å². The molecular weight excluding hydrogens is 188 g/mol. The quantitative estimate of drug-likeness (QED) is 0.681. The molecule has 0 aliphatic carbocycles. The van der Waals surface area contributed by atoms with E-state index >= 15 is 0 Å². The maximum absolute atomic E-state index is 2.24. The molecule has 0 spiro atoms. The third-order valence-corrected chi connectivity index (χ3v) is 3.29. The van der Waals surface area contributed by atoms with Gasteiger partial charge in [0, 0.05) is 4.88 Å². The molecule has 72 valence electrons. The van der Waals surface area contributed by atoms with E-state index in [1.807, 2.05) is 11.3 Å². The number of hydrogen-bond donors (Lipinski definition) is 0. The molecule has 0 aliphatic rings. The number of thiophene rings is 1. The molecule has 1 aromatic carbocycles. The van der Waals surface area contributed by atoms with Gasteiger partial charge in [-0.05, 0) is 41.5 Å². The molecule has 0 saturated heterocycles. The van der Waals surface area contributed by atoms with Gasteiger partial charge in [0.25, 0.3) is 0 Å². The normalized spacial score (nSPS) is 10.4. The van der Waals surface area contributed by atoms with Crippen molar-refractivity contribution in [3.8, 4) is 11.1 Å². The summed E-state index contributed by atoms with van der Waals surface area (Å²) in [6.45, 7) is 4.33. The molecule has 0 bridgehead atoms. The zero-order valence-corrected chi connectivity index (χ0v) is 9.40. The molecule has 0 aliphatic heterocycles. The highest BCUT2D eigenvalue weighted by atomic mass is 32.1. The Morgan fingerprint density at radius 1 is 1.07 bits per heavy atom. The van der Waals surface area contributed by atoms with Gasteiger partial charge in [-0.25, -0.2) is 0 Å². The lowest BCUT2D eigenvalue weighted by atomic mass is 10.1. The van der Waals surface area contributed by atoms with E-state index in [1.54, 1.807) is 0 Å². The lowest BCUT2D eigenvalue weighted by molar-refractivity contribution is 1.14. The van der Waals surface area contributed by atoms with Crippen molar-refractivity contribution in [2.75, 3.05) is 0 Å². The molecule has 0 fully saturated rings. The molecule has 2 aromatic rings. The third-order valence-electron chi connectivity index (χ3n) is 2.43. The van der Waals surface area contributed by atoms with Crippen LogP contribution in [-0.4, -0.2) is 0 Å². The van der Waals surface area contributed by atoms with Gasteiger partial charge in [0.05, 0.1) is 0 Å². The largest absolute Gasteiger partial charge is 0.149 e. The van der Waals surface area contributed by atoms with Gasteiger partial charge in [-0.1, -0.05) is 31.2 Å². The van der Waals surface area contributed by atoms with Crippen molar-refractivity contribution in [2.24, 2.45) is 0 Å². The second kappa shape index (κ2) is 3.97. The van der Waals surface area contributed by atoms with E-state index in [4.69, 9.17) is 0 Å². The van der Waals surface area contributed by atoms with E-state index in [-0.39, 0.29) is 0 Å². The zero-order valence-electron chi connectivity index (χ0n) is 8.58. The Bertz CT molecular complexity index is 409. The Kier molecular flexibility index (Phi) is 2.69. The molecule has 1 aromatic heterocycles. The molecule has 0 radical (unpaired) electrons. The van der Waals surface area contributed by atoms with Crippen LogP contribution < -0.4 is 0 Å². The van der Waals surface area contributed by atoms with Crippen molar-refractivity contribution in [3.05, 3.63) is 46.2 Å². The van der Waals surface area contributed by atoms with E-state index in [1.165, 1.54) is 21.6 Å². The minimum absolute atomic E-state index is 1.11. The van der Waals surface area contributed by atoms with Gasteiger partial charge in [-0.2, -0.15) is 0 Å². The van der Waals surface area contributed by atoms with Crippen LogP contribution in [0.3, 0.4) is 0 Å². The SMILES string of the molecule is CCc1ccc(-c2csc(C)c2)cc1. The standard InChI is InChI=1S/C13H14S/c1-3-11-4-6-12(7-5-11)13-8-10(2)14-9-13/h4-9H,3H2,1-2H3. The first-order valence-electron chi connectivity index (χ1n) is 4.94. The molecule has 0 saturated carbocycles. The Labute approximate surface area is 89.2 Å². The first-order chi connectivity index (χ1) is 6.79. The predicted octanol–water partition coefficient (Wildman–Crippen LogP) is 4.29. The van der Waals surface area contributed by atoms with Gasteiger partial charge in [0.15, 0.2) is 0 Å². The van der Waals surface area contributed by atoms with Crippen LogP contribution in [0.15, 0.2) is 35.7 Å². The highest BCUT2D eigenvalue weighted by Gasteiger charge is 1.99. The number of rotatable bonds is 2. The summed E-state index contributed by atoms with van der Waals surface area (Å²) >= 11 is 1.81. The van der Waals surface area contributed by atoms with Gasteiger partial charge in [0.1, 0.15) is 0 Å². The minimum atomic E-state index is 1.11. The lowest BCUT2D eigenvalue weighted by Crippen LogP contribution is -1.79. The first-order valence-corrected chi connectivity index (χ1v) is 5.82. The van der Waals surface area contributed by atoms with Crippen molar-refractivity contribution in [1.82, 2.24) is 0 Å². The van der Waals surface area contributed by atoms with Crippen LogP contribution in [-0.2, 0) is 6.42 Å². The molecule has 0 unspecified atom stereocenters. The Balaban J connectivity index is 2.33. The van der Waals surface area contributed by atoms with E-state index in [9.17, 15) is 0 Å². The summed E-state index contributed by atoms with van der Waals surface area (Å²) < 4.78 is 0. The van der Waals surface area contributed by atoms with Crippen molar-refractivity contribution in [3.63, 3.8) is 0 Å². The second-order valence-electron chi connectivity index (χ2n) is 3.50. The topological polar surface area (TPSA) is 0 Å². The molecule has 2 rings (SSSR count). The summed E-state index contributed by atoms with van der Waals surface area (Å²) in [5.74, 6) is 0. The van der Waals surface area contributed by atoms with Gasteiger partial charge < -0.3 is 0 Å². The summed E-state index contributed by atoms with van der Waals surface area (Å²) in [4.78, 5) is 1.37. The lowest BCUT2D eigenvalue weighted by Gasteiger charge is -1.99. The average molecular weight is 202 g/mol. The molecule has 0 N–H and O–H groups in total. The molecule has 1 heteroatoms. The van der Waals surface area contributed by atoms with Crippen molar-refractivity contribution in [2.45, 2.75) is 20.3 Å². The highest BCUT2D eigenvalue weighted by Crippen LogP contribution is 2.25. The summed E-state index contributed by atoms with van der Waals surface area (Å²) in [7, 11) is 0. The fraction of sp³-hybridized carbons (Fsp3) is 0.231. The van der Waals surface area contributed by atoms with Crippen molar-refractivity contribution < 1.29 is 0 Å². The third kappa shape index (κ3) is 1.88. The average Bonchev–Trinajstić information content (AvgIpc) is 2.65. The summed E-state index contributed by atoms with van der Waals surface area (Å²) in [6.07, 6.45) is 1.11. The maximum Gasteiger partial charge on any atom is 0.00205 e. The molecular formula is C13H14S. The smallest absolute Gasteiger partial charge is 0.00205 e. The molecule has 14 heavy (non-hydrogen) atoms. The van der Waals surface area contributed by atoms with Crippen molar-refractivity contribution in [1.29, 1.82) is 0 Å². The fourth-order valence-corrected chi connectivity index (χ4v) is 2.24.